The summed E-state index contributed by atoms with van der Waals surface area (Å²) in [7, 11) is 0. The third-order valence-corrected chi connectivity index (χ3v) is 11.2. The predicted octanol–water partition coefficient (Wildman–Crippen LogP) is 16.5. The quantitative estimate of drug-likeness (QED) is 0.108. The van der Waals surface area contributed by atoms with E-state index in [2.05, 4.69) is 279 Å². The van der Waals surface area contributed by atoms with Crippen LogP contribution in [-0.4, -0.2) is 0 Å². The fourth-order valence-corrected chi connectivity index (χ4v) is 7.92. The fraction of sp³-hybridized carbons (Fsp3) is 0. The van der Waals surface area contributed by atoms with Gasteiger partial charge in [-0.15, -0.1) is 0 Å². The number of hydrogen-bond donors (Lipinski definition) is 0. The molecular formula is C62H46. The first kappa shape index (κ1) is 39.4. The maximum Gasteiger partial charge on any atom is -0.0105 e. The van der Waals surface area contributed by atoms with Gasteiger partial charge in [-0.25, -0.2) is 0 Å². The van der Waals surface area contributed by atoms with Crippen molar-refractivity contribution < 1.29 is 0 Å². The maximum atomic E-state index is 2.32. The van der Waals surface area contributed by atoms with E-state index in [0.717, 1.165) is 33.4 Å². The average Bonchev–Trinajstić information content (AvgIpc) is 3.35. The summed E-state index contributed by atoms with van der Waals surface area (Å²) in [5.41, 5.74) is 18.9. The molecule has 0 bridgehead atoms. The molecule has 0 atom stereocenters. The summed E-state index contributed by atoms with van der Waals surface area (Å²) in [6.07, 6.45) is 13.6. The van der Waals surface area contributed by atoms with Gasteiger partial charge in [-0.05, 0) is 101 Å². The van der Waals surface area contributed by atoms with Gasteiger partial charge in [-0.2, -0.15) is 0 Å². The molecule has 0 aliphatic rings. The summed E-state index contributed by atoms with van der Waals surface area (Å²) in [5, 5.41) is 0. The van der Waals surface area contributed by atoms with Crippen LogP contribution in [0.2, 0.25) is 0 Å². The molecule has 0 saturated carbocycles. The van der Waals surface area contributed by atoms with Crippen molar-refractivity contribution in [1.82, 2.24) is 0 Å². The largest absolute Gasteiger partial charge is 0.0622 e. The molecule has 0 spiro atoms. The monoisotopic (exact) mass is 790 g/mol. The summed E-state index contributed by atoms with van der Waals surface area (Å²) in [5.74, 6) is 0. The van der Waals surface area contributed by atoms with Crippen molar-refractivity contribution in [2.45, 2.75) is 0 Å². The molecule has 0 unspecified atom stereocenters. The van der Waals surface area contributed by atoms with Crippen LogP contribution in [0.3, 0.4) is 0 Å². The molecule has 0 fully saturated rings. The van der Waals surface area contributed by atoms with Crippen molar-refractivity contribution in [3.63, 3.8) is 0 Å². The molecule has 0 aromatic heterocycles. The molecule has 0 heteroatoms. The molecule has 0 heterocycles. The van der Waals surface area contributed by atoms with Crippen LogP contribution in [0.5, 0.6) is 0 Å². The maximum absolute atomic E-state index is 2.32. The van der Waals surface area contributed by atoms with E-state index >= 15 is 0 Å². The molecule has 294 valence electrons. The molecular weight excluding hydrogens is 745 g/mol. The lowest BCUT2D eigenvalue weighted by molar-refractivity contribution is 1.53. The Bertz CT molecular complexity index is 2780. The summed E-state index contributed by atoms with van der Waals surface area (Å²) in [6, 6.07) is 86.2. The van der Waals surface area contributed by atoms with Crippen molar-refractivity contribution in [3.8, 4) is 22.3 Å². The Hall–Kier alpha value is -8.06. The molecule has 0 N–H and O–H groups in total. The Labute approximate surface area is 366 Å². The van der Waals surface area contributed by atoms with Crippen molar-refractivity contribution in [3.05, 3.63) is 298 Å². The highest BCUT2D eigenvalue weighted by Gasteiger charge is 2.10. The van der Waals surface area contributed by atoms with Crippen LogP contribution >= 0.6 is 0 Å². The van der Waals surface area contributed by atoms with Crippen LogP contribution in [0.4, 0.5) is 0 Å². The van der Waals surface area contributed by atoms with E-state index in [9.17, 15) is 0 Å². The smallest absolute Gasteiger partial charge is 0.0105 e. The van der Waals surface area contributed by atoms with E-state index in [-0.39, 0.29) is 0 Å². The van der Waals surface area contributed by atoms with Gasteiger partial charge in [0.15, 0.2) is 0 Å². The summed E-state index contributed by atoms with van der Waals surface area (Å²) < 4.78 is 0. The van der Waals surface area contributed by atoms with Gasteiger partial charge >= 0.3 is 0 Å². The molecule has 0 saturated heterocycles. The van der Waals surface area contributed by atoms with Crippen LogP contribution < -0.4 is 0 Å². The Morgan fingerprint density at radius 2 is 0.419 bits per heavy atom. The minimum atomic E-state index is 1.15. The van der Waals surface area contributed by atoms with Crippen LogP contribution in [0.15, 0.2) is 243 Å². The lowest BCUT2D eigenvalue weighted by Gasteiger charge is -2.12. The van der Waals surface area contributed by atoms with Gasteiger partial charge in [-0.3, -0.25) is 0 Å². The third kappa shape index (κ3) is 9.53. The van der Waals surface area contributed by atoms with Gasteiger partial charge in [0, 0.05) is 0 Å². The van der Waals surface area contributed by atoms with Gasteiger partial charge < -0.3 is 0 Å². The number of hydrogen-bond acceptors (Lipinski definition) is 0. The van der Waals surface area contributed by atoms with Crippen molar-refractivity contribution in [2.24, 2.45) is 0 Å². The first-order valence-electron chi connectivity index (χ1n) is 21.2. The molecule has 62 heavy (non-hydrogen) atoms. The zero-order valence-corrected chi connectivity index (χ0v) is 34.6. The second-order valence-electron chi connectivity index (χ2n) is 15.3. The Morgan fingerprint density at radius 1 is 0.194 bits per heavy atom. The van der Waals surface area contributed by atoms with E-state index in [1.165, 1.54) is 55.7 Å². The first-order chi connectivity index (χ1) is 30.7. The van der Waals surface area contributed by atoms with E-state index in [1.807, 2.05) is 0 Å². The van der Waals surface area contributed by atoms with E-state index in [4.69, 9.17) is 0 Å². The lowest BCUT2D eigenvalue weighted by atomic mass is 9.92. The molecule has 0 radical (unpaired) electrons. The minimum Gasteiger partial charge on any atom is -0.0622 e. The number of benzene rings is 9. The van der Waals surface area contributed by atoms with Crippen LogP contribution in [0.25, 0.3) is 69.9 Å². The van der Waals surface area contributed by atoms with Gasteiger partial charge in [-0.1, -0.05) is 267 Å². The molecule has 9 aromatic rings. The predicted molar refractivity (Wildman–Crippen MR) is 268 cm³/mol. The van der Waals surface area contributed by atoms with Crippen molar-refractivity contribution >= 4 is 47.6 Å². The van der Waals surface area contributed by atoms with Crippen molar-refractivity contribution in [1.29, 1.82) is 0 Å². The second-order valence-corrected chi connectivity index (χ2v) is 15.3. The van der Waals surface area contributed by atoms with Crippen LogP contribution in [0, 0.1) is 0 Å². The first-order valence-corrected chi connectivity index (χ1v) is 21.2. The Kier molecular flexibility index (Phi) is 12.3. The average molecular weight is 791 g/mol. The third-order valence-electron chi connectivity index (χ3n) is 11.2. The lowest BCUT2D eigenvalue weighted by Crippen LogP contribution is -1.90. The van der Waals surface area contributed by atoms with Crippen molar-refractivity contribution in [2.75, 3.05) is 0 Å². The zero-order chi connectivity index (χ0) is 41.8. The van der Waals surface area contributed by atoms with Crippen LogP contribution in [-0.2, 0) is 0 Å². The topological polar surface area (TPSA) is 0 Å². The van der Waals surface area contributed by atoms with E-state index in [0.29, 0.717) is 0 Å². The van der Waals surface area contributed by atoms with Crippen LogP contribution in [0.1, 0.15) is 55.6 Å². The second kappa shape index (κ2) is 19.3. The Morgan fingerprint density at radius 3 is 0.742 bits per heavy atom. The molecule has 9 rings (SSSR count). The van der Waals surface area contributed by atoms with Gasteiger partial charge in [0.25, 0.3) is 0 Å². The highest BCUT2D eigenvalue weighted by atomic mass is 14.1. The fourth-order valence-electron chi connectivity index (χ4n) is 7.92. The molecule has 0 nitrogen and oxygen atoms in total. The molecule has 0 aliphatic heterocycles. The number of rotatable bonds is 12. The van der Waals surface area contributed by atoms with E-state index < -0.39 is 0 Å². The summed E-state index contributed by atoms with van der Waals surface area (Å²) >= 11 is 0. The molecule has 9 aromatic carbocycles. The molecule has 0 amide bonds. The van der Waals surface area contributed by atoms with E-state index in [1.54, 1.807) is 0 Å². The standard InChI is InChI=1S/C62H46/c1-5-19-47(20-6-1)53-37-41-57(42-38-53)61(55-27-9-3-10-28-55)45-59-31-17-15-25-51(59)35-33-49-23-13-14-24-50(49)34-36-52-26-16-18-32-60(52)46-62(56-29-11-4-12-30-56)58-43-39-54(40-44-58)48-21-7-2-8-22-48/h1-46H/b35-33?,36-34?,61-45-,62-46-. The summed E-state index contributed by atoms with van der Waals surface area (Å²) in [4.78, 5) is 0. The minimum absolute atomic E-state index is 1.15. The Balaban J connectivity index is 1.02. The zero-order valence-electron chi connectivity index (χ0n) is 34.6. The normalized spacial score (nSPS) is 11.9. The highest BCUT2D eigenvalue weighted by molar-refractivity contribution is 5.95. The molecule has 0 aliphatic carbocycles. The van der Waals surface area contributed by atoms with Gasteiger partial charge in [0.2, 0.25) is 0 Å². The van der Waals surface area contributed by atoms with Gasteiger partial charge in [0.05, 0.1) is 0 Å². The van der Waals surface area contributed by atoms with Gasteiger partial charge in [0.1, 0.15) is 0 Å². The summed E-state index contributed by atoms with van der Waals surface area (Å²) in [6.45, 7) is 0. The highest BCUT2D eigenvalue weighted by Crippen LogP contribution is 2.32. The SMILES string of the molecule is C(=Cc1ccccc1/C=C(/c1ccccc1)c1ccc(-c2ccccc2)cc1)c1ccccc1C=Cc1ccccc1/C=C(/c1ccccc1)c1ccc(-c2ccccc2)cc1.